The standard InChI is InChI=1S/C6H13NO6/c7-1-5(11)3(9)4(10)6(12,2-8)13-5/h3-4,8-12H,1-2,7H2. The van der Waals surface area contributed by atoms with Crippen molar-refractivity contribution in [1.29, 1.82) is 0 Å². The molecule has 4 atom stereocenters. The van der Waals surface area contributed by atoms with Gasteiger partial charge in [-0.25, -0.2) is 0 Å². The molecule has 13 heavy (non-hydrogen) atoms. The maximum Gasteiger partial charge on any atom is 0.221 e. The summed E-state index contributed by atoms with van der Waals surface area (Å²) in [5, 5.41) is 45.7. The van der Waals surface area contributed by atoms with Gasteiger partial charge in [0.2, 0.25) is 11.6 Å². The van der Waals surface area contributed by atoms with Crippen molar-refractivity contribution in [3.63, 3.8) is 0 Å². The summed E-state index contributed by atoms with van der Waals surface area (Å²) in [5.41, 5.74) is 5.06. The molecular formula is C6H13NO6. The van der Waals surface area contributed by atoms with E-state index in [9.17, 15) is 20.4 Å². The van der Waals surface area contributed by atoms with E-state index in [1.807, 2.05) is 0 Å². The molecule has 0 aromatic carbocycles. The van der Waals surface area contributed by atoms with Crippen LogP contribution in [0.15, 0.2) is 0 Å². The number of aliphatic hydroxyl groups excluding tert-OH is 3. The van der Waals surface area contributed by atoms with Crippen LogP contribution < -0.4 is 5.73 Å². The Balaban J connectivity index is 2.90. The molecule has 0 amide bonds. The van der Waals surface area contributed by atoms with Crippen LogP contribution in [-0.2, 0) is 4.74 Å². The van der Waals surface area contributed by atoms with Crippen molar-refractivity contribution >= 4 is 0 Å². The lowest BCUT2D eigenvalue weighted by molar-refractivity contribution is -0.312. The van der Waals surface area contributed by atoms with Crippen LogP contribution in [-0.4, -0.2) is 62.5 Å². The maximum atomic E-state index is 9.38. The Bertz CT molecular complexity index is 182. The highest BCUT2D eigenvalue weighted by molar-refractivity contribution is 4.99. The fourth-order valence-electron chi connectivity index (χ4n) is 1.21. The number of hydrogen-bond donors (Lipinski definition) is 6. The molecule has 0 aromatic heterocycles. The summed E-state index contributed by atoms with van der Waals surface area (Å²) in [6.07, 6.45) is -3.55. The molecule has 1 fully saturated rings. The van der Waals surface area contributed by atoms with Crippen LogP contribution in [0, 0.1) is 0 Å². The molecule has 0 spiro atoms. The van der Waals surface area contributed by atoms with Gasteiger partial charge in [-0.3, -0.25) is 0 Å². The van der Waals surface area contributed by atoms with Gasteiger partial charge in [0.05, 0.1) is 13.2 Å². The van der Waals surface area contributed by atoms with Crippen molar-refractivity contribution in [2.75, 3.05) is 13.2 Å². The van der Waals surface area contributed by atoms with Crippen LogP contribution in [0.2, 0.25) is 0 Å². The van der Waals surface area contributed by atoms with E-state index in [-0.39, 0.29) is 0 Å². The minimum atomic E-state index is -2.37. The van der Waals surface area contributed by atoms with Crippen LogP contribution in [0.5, 0.6) is 0 Å². The molecule has 1 saturated heterocycles. The van der Waals surface area contributed by atoms with Crippen molar-refractivity contribution in [3.8, 4) is 0 Å². The van der Waals surface area contributed by atoms with Gasteiger partial charge in [0.15, 0.2) is 0 Å². The van der Waals surface area contributed by atoms with Gasteiger partial charge in [0.1, 0.15) is 12.2 Å². The number of ether oxygens (including phenoxy) is 1. The zero-order chi connectivity index (χ0) is 10.3. The second kappa shape index (κ2) is 3.14. The summed E-state index contributed by atoms with van der Waals surface area (Å²) in [6.45, 7) is -1.46. The van der Waals surface area contributed by atoms with Crippen molar-refractivity contribution in [3.05, 3.63) is 0 Å². The van der Waals surface area contributed by atoms with E-state index in [1.165, 1.54) is 0 Å². The summed E-state index contributed by atoms with van der Waals surface area (Å²) in [6, 6.07) is 0. The van der Waals surface area contributed by atoms with Crippen LogP contribution in [0.25, 0.3) is 0 Å². The maximum absolute atomic E-state index is 9.38. The Hall–Kier alpha value is -0.280. The second-order valence-electron chi connectivity index (χ2n) is 3.04. The Morgan fingerprint density at radius 1 is 1.15 bits per heavy atom. The van der Waals surface area contributed by atoms with E-state index in [0.29, 0.717) is 0 Å². The lowest BCUT2D eigenvalue weighted by Gasteiger charge is -2.25. The lowest BCUT2D eigenvalue weighted by atomic mass is 10.0. The number of nitrogens with two attached hydrogens (primary N) is 1. The summed E-state index contributed by atoms with van der Waals surface area (Å²) in [4.78, 5) is 0. The molecule has 7 heteroatoms. The Morgan fingerprint density at radius 3 is 1.85 bits per heavy atom. The topological polar surface area (TPSA) is 136 Å². The molecule has 0 radical (unpaired) electrons. The van der Waals surface area contributed by atoms with Crippen LogP contribution in [0.3, 0.4) is 0 Å². The highest BCUT2D eigenvalue weighted by Crippen LogP contribution is 2.34. The van der Waals surface area contributed by atoms with Crippen molar-refractivity contribution in [1.82, 2.24) is 0 Å². The molecule has 1 aliphatic rings. The third-order valence-corrected chi connectivity index (χ3v) is 2.10. The van der Waals surface area contributed by atoms with Crippen LogP contribution in [0.4, 0.5) is 0 Å². The first-order chi connectivity index (χ1) is 5.89. The van der Waals surface area contributed by atoms with Crippen LogP contribution >= 0.6 is 0 Å². The highest BCUT2D eigenvalue weighted by Gasteiger charge is 2.60. The summed E-state index contributed by atoms with van der Waals surface area (Å²) >= 11 is 0. The first kappa shape index (κ1) is 10.8. The highest BCUT2D eigenvalue weighted by atomic mass is 16.7. The fourth-order valence-corrected chi connectivity index (χ4v) is 1.21. The Labute approximate surface area is 74.0 Å². The molecule has 1 heterocycles. The Morgan fingerprint density at radius 2 is 1.62 bits per heavy atom. The van der Waals surface area contributed by atoms with Gasteiger partial charge in [-0.1, -0.05) is 0 Å². The molecule has 1 aliphatic heterocycles. The smallest absolute Gasteiger partial charge is 0.221 e. The minimum absolute atomic E-state index is 0.506. The van der Waals surface area contributed by atoms with Gasteiger partial charge in [-0.2, -0.15) is 0 Å². The Kier molecular flexibility index (Phi) is 2.61. The molecule has 0 aromatic rings. The first-order valence-corrected chi connectivity index (χ1v) is 3.71. The average molecular weight is 195 g/mol. The van der Waals surface area contributed by atoms with Crippen molar-refractivity contribution < 1.29 is 30.3 Å². The zero-order valence-corrected chi connectivity index (χ0v) is 6.79. The molecule has 0 aliphatic carbocycles. The SMILES string of the molecule is NCC1(O)OC(O)(CO)C(O)C1O. The molecule has 78 valence electrons. The fraction of sp³-hybridized carbons (Fsp3) is 1.00. The first-order valence-electron chi connectivity index (χ1n) is 3.71. The second-order valence-corrected chi connectivity index (χ2v) is 3.04. The molecule has 0 saturated carbocycles. The summed E-state index contributed by atoms with van der Waals surface area (Å²) in [5.74, 6) is -4.59. The van der Waals surface area contributed by atoms with Gasteiger partial charge in [-0.15, -0.1) is 0 Å². The number of hydrogen-bond acceptors (Lipinski definition) is 7. The predicted molar refractivity (Wildman–Crippen MR) is 39.1 cm³/mol. The van der Waals surface area contributed by atoms with E-state index < -0.39 is 36.9 Å². The van der Waals surface area contributed by atoms with Crippen molar-refractivity contribution in [2.45, 2.75) is 23.8 Å². The van der Waals surface area contributed by atoms with Gasteiger partial charge in [0.25, 0.3) is 0 Å². The molecule has 7 nitrogen and oxygen atoms in total. The molecule has 4 unspecified atom stereocenters. The largest absolute Gasteiger partial charge is 0.391 e. The summed E-state index contributed by atoms with van der Waals surface area (Å²) in [7, 11) is 0. The molecule has 7 N–H and O–H groups in total. The van der Waals surface area contributed by atoms with Gasteiger partial charge in [0, 0.05) is 0 Å². The number of aliphatic hydroxyl groups is 5. The molecular weight excluding hydrogens is 182 g/mol. The van der Waals surface area contributed by atoms with Gasteiger partial charge < -0.3 is 36.0 Å². The van der Waals surface area contributed by atoms with E-state index in [0.717, 1.165) is 0 Å². The quantitative estimate of drug-likeness (QED) is 0.264. The molecule has 0 bridgehead atoms. The minimum Gasteiger partial charge on any atom is -0.391 e. The van der Waals surface area contributed by atoms with E-state index in [2.05, 4.69) is 4.74 Å². The monoisotopic (exact) mass is 195 g/mol. The van der Waals surface area contributed by atoms with Crippen LogP contribution in [0.1, 0.15) is 0 Å². The van der Waals surface area contributed by atoms with E-state index in [1.54, 1.807) is 0 Å². The number of rotatable bonds is 2. The predicted octanol–water partition coefficient (Wildman–Crippen LogP) is -3.93. The molecule has 1 rings (SSSR count). The zero-order valence-electron chi connectivity index (χ0n) is 6.79. The van der Waals surface area contributed by atoms with E-state index >= 15 is 0 Å². The van der Waals surface area contributed by atoms with Gasteiger partial charge >= 0.3 is 0 Å². The lowest BCUT2D eigenvalue weighted by Crippen LogP contribution is -2.48. The third kappa shape index (κ3) is 1.44. The summed E-state index contributed by atoms with van der Waals surface area (Å²) < 4.78 is 4.50. The van der Waals surface area contributed by atoms with Crippen molar-refractivity contribution in [2.24, 2.45) is 5.73 Å². The van der Waals surface area contributed by atoms with Gasteiger partial charge in [-0.05, 0) is 0 Å². The van der Waals surface area contributed by atoms with E-state index in [4.69, 9.17) is 10.8 Å². The average Bonchev–Trinajstić information content (AvgIpc) is 2.30. The normalized spacial score (nSPS) is 51.2. The third-order valence-electron chi connectivity index (χ3n) is 2.10.